The number of nitrogens with zero attached hydrogens (tertiary/aromatic N) is 1. The Balaban J connectivity index is 1.96. The lowest BCUT2D eigenvalue weighted by Crippen LogP contribution is -2.39. The van der Waals surface area contributed by atoms with Crippen LogP contribution < -0.4 is 10.6 Å². The standard InChI is InChI=1S/C19H24ClN3O2/c1-23(2)13-15(18(24)14-7-4-3-5-8-14)12-21-19(25)22-17-10-6-9-16(20)11-17/h3-11,15,18,24H,12-13H2,1-2H3,(H2,21,22,25)/t15-,18-/m1/s1. The third-order valence-corrected chi connectivity index (χ3v) is 4.03. The Hall–Kier alpha value is -2.08. The van der Waals surface area contributed by atoms with Crippen molar-refractivity contribution in [3.63, 3.8) is 0 Å². The second kappa shape index (κ2) is 9.42. The third-order valence-electron chi connectivity index (χ3n) is 3.79. The van der Waals surface area contributed by atoms with Gasteiger partial charge in [0.15, 0.2) is 0 Å². The highest BCUT2D eigenvalue weighted by molar-refractivity contribution is 6.30. The molecule has 0 aliphatic rings. The zero-order chi connectivity index (χ0) is 18.2. The molecule has 0 radical (unpaired) electrons. The maximum atomic E-state index is 12.1. The molecule has 0 spiro atoms. The molecule has 2 aromatic carbocycles. The molecule has 3 N–H and O–H groups in total. The van der Waals surface area contributed by atoms with Gasteiger partial charge in [-0.05, 0) is 37.9 Å². The molecule has 0 heterocycles. The van der Waals surface area contributed by atoms with Crippen molar-refractivity contribution in [3.05, 3.63) is 65.2 Å². The molecule has 2 atom stereocenters. The first kappa shape index (κ1) is 19.2. The fourth-order valence-electron chi connectivity index (χ4n) is 2.63. The molecule has 0 aromatic heterocycles. The van der Waals surface area contributed by atoms with Crippen LogP contribution in [0.2, 0.25) is 5.02 Å². The molecule has 0 aliphatic heterocycles. The van der Waals surface area contributed by atoms with Gasteiger partial charge < -0.3 is 20.6 Å². The Bertz CT molecular complexity index is 679. The van der Waals surface area contributed by atoms with Gasteiger partial charge in [-0.2, -0.15) is 0 Å². The van der Waals surface area contributed by atoms with Gasteiger partial charge in [-0.25, -0.2) is 4.79 Å². The van der Waals surface area contributed by atoms with Gasteiger partial charge in [0.05, 0.1) is 6.10 Å². The second-order valence-electron chi connectivity index (χ2n) is 6.22. The van der Waals surface area contributed by atoms with Crippen LogP contribution in [-0.4, -0.2) is 43.2 Å². The van der Waals surface area contributed by atoms with Gasteiger partial charge >= 0.3 is 6.03 Å². The van der Waals surface area contributed by atoms with E-state index in [-0.39, 0.29) is 11.9 Å². The number of carbonyl (C=O) groups is 1. The molecule has 0 bridgehead atoms. The summed E-state index contributed by atoms with van der Waals surface area (Å²) < 4.78 is 0. The van der Waals surface area contributed by atoms with Crippen LogP contribution in [0.25, 0.3) is 0 Å². The number of hydrogen-bond donors (Lipinski definition) is 3. The summed E-state index contributed by atoms with van der Waals surface area (Å²) in [6.07, 6.45) is -0.657. The number of halogens is 1. The normalized spacial score (nSPS) is 13.3. The molecule has 0 fully saturated rings. The number of hydrogen-bond acceptors (Lipinski definition) is 3. The average molecular weight is 362 g/mol. The molecular weight excluding hydrogens is 338 g/mol. The van der Waals surface area contributed by atoms with E-state index in [1.807, 2.05) is 49.3 Å². The van der Waals surface area contributed by atoms with Gasteiger partial charge in [-0.3, -0.25) is 0 Å². The predicted octanol–water partition coefficient (Wildman–Crippen LogP) is 3.37. The minimum atomic E-state index is -0.657. The monoisotopic (exact) mass is 361 g/mol. The number of rotatable bonds is 7. The van der Waals surface area contributed by atoms with Crippen LogP contribution in [0.1, 0.15) is 11.7 Å². The number of aliphatic hydroxyl groups excluding tert-OH is 1. The van der Waals surface area contributed by atoms with Crippen molar-refractivity contribution in [2.45, 2.75) is 6.10 Å². The molecule has 0 aliphatic carbocycles. The van der Waals surface area contributed by atoms with Crippen molar-refractivity contribution >= 4 is 23.3 Å². The summed E-state index contributed by atoms with van der Waals surface area (Å²) in [5.74, 6) is -0.137. The SMILES string of the molecule is CN(C)C[C@@H](CNC(=O)Nc1cccc(Cl)c1)[C@H](O)c1ccccc1. The lowest BCUT2D eigenvalue weighted by Gasteiger charge is -2.26. The van der Waals surface area contributed by atoms with Crippen molar-refractivity contribution in [1.82, 2.24) is 10.2 Å². The van der Waals surface area contributed by atoms with Crippen LogP contribution in [-0.2, 0) is 0 Å². The highest BCUT2D eigenvalue weighted by Gasteiger charge is 2.22. The minimum Gasteiger partial charge on any atom is -0.388 e. The van der Waals surface area contributed by atoms with Crippen LogP contribution in [0, 0.1) is 5.92 Å². The number of urea groups is 1. The smallest absolute Gasteiger partial charge is 0.319 e. The van der Waals surface area contributed by atoms with Crippen molar-refractivity contribution in [1.29, 1.82) is 0 Å². The average Bonchev–Trinajstić information content (AvgIpc) is 2.58. The van der Waals surface area contributed by atoms with Gasteiger partial charge in [0.2, 0.25) is 0 Å². The Labute approximate surface area is 153 Å². The molecule has 2 aromatic rings. The molecule has 2 amide bonds. The lowest BCUT2D eigenvalue weighted by molar-refractivity contribution is 0.0911. The summed E-state index contributed by atoms with van der Waals surface area (Å²) in [5, 5.41) is 16.8. The molecule has 25 heavy (non-hydrogen) atoms. The topological polar surface area (TPSA) is 64.6 Å². The first-order valence-electron chi connectivity index (χ1n) is 8.14. The van der Waals surface area contributed by atoms with E-state index in [0.29, 0.717) is 23.8 Å². The zero-order valence-electron chi connectivity index (χ0n) is 14.4. The quantitative estimate of drug-likeness (QED) is 0.708. The van der Waals surface area contributed by atoms with Crippen molar-refractivity contribution in [2.75, 3.05) is 32.5 Å². The van der Waals surface area contributed by atoms with Gasteiger partial charge in [0, 0.05) is 29.7 Å². The van der Waals surface area contributed by atoms with Crippen LogP contribution in [0.5, 0.6) is 0 Å². The molecule has 6 heteroatoms. The number of aliphatic hydroxyl groups is 1. The van der Waals surface area contributed by atoms with E-state index < -0.39 is 6.10 Å². The van der Waals surface area contributed by atoms with Crippen molar-refractivity contribution in [3.8, 4) is 0 Å². The molecule has 2 rings (SSSR count). The predicted molar refractivity (Wildman–Crippen MR) is 102 cm³/mol. The van der Waals surface area contributed by atoms with Crippen LogP contribution >= 0.6 is 11.6 Å². The number of anilines is 1. The van der Waals surface area contributed by atoms with Gasteiger partial charge in [0.25, 0.3) is 0 Å². The van der Waals surface area contributed by atoms with Crippen molar-refractivity contribution < 1.29 is 9.90 Å². The van der Waals surface area contributed by atoms with Gasteiger partial charge in [0.1, 0.15) is 0 Å². The fourth-order valence-corrected chi connectivity index (χ4v) is 2.82. The first-order chi connectivity index (χ1) is 12.0. The Morgan fingerprint density at radius 3 is 2.52 bits per heavy atom. The highest BCUT2D eigenvalue weighted by Crippen LogP contribution is 2.22. The lowest BCUT2D eigenvalue weighted by atomic mass is 9.95. The van der Waals surface area contributed by atoms with Gasteiger partial charge in [-0.15, -0.1) is 0 Å². The number of carbonyl (C=O) groups excluding carboxylic acids is 1. The van der Waals surface area contributed by atoms with Crippen LogP contribution in [0.15, 0.2) is 54.6 Å². The molecule has 0 saturated carbocycles. The highest BCUT2D eigenvalue weighted by atomic mass is 35.5. The second-order valence-corrected chi connectivity index (χ2v) is 6.66. The summed E-state index contributed by atoms with van der Waals surface area (Å²) in [5.41, 5.74) is 1.46. The van der Waals surface area contributed by atoms with E-state index in [4.69, 9.17) is 11.6 Å². The molecule has 0 unspecified atom stereocenters. The Morgan fingerprint density at radius 2 is 1.88 bits per heavy atom. The van der Waals surface area contributed by atoms with Gasteiger partial charge in [-0.1, -0.05) is 48.0 Å². The summed E-state index contributed by atoms with van der Waals surface area (Å²) in [7, 11) is 3.88. The summed E-state index contributed by atoms with van der Waals surface area (Å²) in [6, 6.07) is 16.1. The minimum absolute atomic E-state index is 0.137. The largest absolute Gasteiger partial charge is 0.388 e. The number of benzene rings is 2. The molecule has 134 valence electrons. The van der Waals surface area contributed by atoms with E-state index in [9.17, 15) is 9.90 Å². The maximum Gasteiger partial charge on any atom is 0.319 e. The maximum absolute atomic E-state index is 12.1. The van der Waals surface area contributed by atoms with Crippen molar-refractivity contribution in [2.24, 2.45) is 5.92 Å². The molecule has 5 nitrogen and oxygen atoms in total. The summed E-state index contributed by atoms with van der Waals surface area (Å²) >= 11 is 5.91. The Kier molecular flexibility index (Phi) is 7.25. The zero-order valence-corrected chi connectivity index (χ0v) is 15.2. The third kappa shape index (κ3) is 6.38. The number of nitrogens with one attached hydrogen (secondary N) is 2. The summed E-state index contributed by atoms with van der Waals surface area (Å²) in [6.45, 7) is 0.994. The van der Waals surface area contributed by atoms with E-state index in [0.717, 1.165) is 5.56 Å². The van der Waals surface area contributed by atoms with Crippen LogP contribution in [0.4, 0.5) is 10.5 Å². The summed E-state index contributed by atoms with van der Waals surface area (Å²) in [4.78, 5) is 14.1. The van der Waals surface area contributed by atoms with Crippen LogP contribution in [0.3, 0.4) is 0 Å². The van der Waals surface area contributed by atoms with E-state index >= 15 is 0 Å². The number of amides is 2. The van der Waals surface area contributed by atoms with E-state index in [2.05, 4.69) is 10.6 Å². The van der Waals surface area contributed by atoms with E-state index in [1.165, 1.54) is 0 Å². The molecule has 0 saturated heterocycles. The first-order valence-corrected chi connectivity index (χ1v) is 8.51. The fraction of sp³-hybridized carbons (Fsp3) is 0.316. The molecular formula is C19H24ClN3O2. The van der Waals surface area contributed by atoms with E-state index in [1.54, 1.807) is 24.3 Å². The Morgan fingerprint density at radius 1 is 1.16 bits per heavy atom.